The van der Waals surface area contributed by atoms with E-state index in [1.165, 1.54) is 79.3 Å². The number of benzene rings is 18. The van der Waals surface area contributed by atoms with Crippen LogP contribution in [-0.4, -0.2) is 0 Å². The van der Waals surface area contributed by atoms with Gasteiger partial charge in [-0.15, -0.1) is 22.7 Å². The van der Waals surface area contributed by atoms with Crippen molar-refractivity contribution in [2.45, 2.75) is 0 Å². The van der Waals surface area contributed by atoms with Gasteiger partial charge < -0.3 is 18.6 Å². The van der Waals surface area contributed by atoms with E-state index in [2.05, 4.69) is 398 Å². The first-order valence-corrected chi connectivity index (χ1v) is 39.0. The molecule has 0 spiro atoms. The average Bonchev–Trinajstić information content (AvgIpc) is 1.59. The van der Waals surface area contributed by atoms with Crippen molar-refractivity contribution < 1.29 is 8.83 Å². The van der Waals surface area contributed by atoms with Crippen molar-refractivity contribution in [3.05, 3.63) is 388 Å². The van der Waals surface area contributed by atoms with Gasteiger partial charge in [0, 0.05) is 107 Å². The van der Waals surface area contributed by atoms with Gasteiger partial charge in [-0.2, -0.15) is 0 Å². The number of thiophene rings is 2. The minimum atomic E-state index is 0.877. The van der Waals surface area contributed by atoms with Gasteiger partial charge in [-0.25, -0.2) is 0 Å². The van der Waals surface area contributed by atoms with E-state index < -0.39 is 0 Å². The Labute approximate surface area is 642 Å². The summed E-state index contributed by atoms with van der Waals surface area (Å²) in [5, 5.41) is 14.2. The lowest BCUT2D eigenvalue weighted by molar-refractivity contribution is 0.672. The third kappa shape index (κ3) is 10.7. The summed E-state index contributed by atoms with van der Waals surface area (Å²) in [6, 6.07) is 142. The summed E-state index contributed by atoms with van der Waals surface area (Å²) in [4.78, 5) is 4.77. The molecule has 0 N–H and O–H groups in total. The lowest BCUT2D eigenvalue weighted by Crippen LogP contribution is -2.10. The van der Waals surface area contributed by atoms with Gasteiger partial charge in [0.2, 0.25) is 0 Å². The molecule has 0 atom stereocenters. The molecule has 22 aromatic rings. The van der Waals surface area contributed by atoms with Crippen molar-refractivity contribution >= 4 is 163 Å². The van der Waals surface area contributed by atoms with Crippen molar-refractivity contribution in [3.63, 3.8) is 0 Å². The minimum absolute atomic E-state index is 0.877. The van der Waals surface area contributed by atoms with Crippen molar-refractivity contribution in [2.24, 2.45) is 0 Å². The van der Waals surface area contributed by atoms with Crippen molar-refractivity contribution in [1.29, 1.82) is 0 Å². The van der Waals surface area contributed by atoms with Crippen LogP contribution >= 0.6 is 22.7 Å². The molecule has 0 saturated heterocycles. The van der Waals surface area contributed by atoms with Gasteiger partial charge in [0.1, 0.15) is 22.3 Å². The normalized spacial score (nSPS) is 11.8. The van der Waals surface area contributed by atoms with Crippen LogP contribution in [0.4, 0.5) is 34.1 Å². The maximum absolute atomic E-state index is 6.71. The zero-order chi connectivity index (χ0) is 72.3. The van der Waals surface area contributed by atoms with Gasteiger partial charge in [-0.1, -0.05) is 267 Å². The Morgan fingerprint density at radius 3 is 1.12 bits per heavy atom. The van der Waals surface area contributed by atoms with E-state index in [1.807, 2.05) is 22.7 Å². The average molecular weight is 1440 g/mol. The maximum atomic E-state index is 6.71. The largest absolute Gasteiger partial charge is 0.455 e. The summed E-state index contributed by atoms with van der Waals surface area (Å²) in [5.74, 6) is 0. The first-order chi connectivity index (χ1) is 54.5. The number of hydrogen-bond donors (Lipinski definition) is 0. The van der Waals surface area contributed by atoms with Crippen LogP contribution in [0.15, 0.2) is 397 Å². The minimum Gasteiger partial charge on any atom is -0.455 e. The smallest absolute Gasteiger partial charge is 0.143 e. The number of anilines is 6. The van der Waals surface area contributed by atoms with Gasteiger partial charge in [-0.3, -0.25) is 0 Å². The van der Waals surface area contributed by atoms with E-state index in [9.17, 15) is 0 Å². The van der Waals surface area contributed by atoms with Gasteiger partial charge in [0.05, 0.1) is 0 Å². The van der Waals surface area contributed by atoms with Crippen LogP contribution in [0.2, 0.25) is 0 Å². The van der Waals surface area contributed by atoms with Gasteiger partial charge in [-0.05, 0) is 210 Å². The molecule has 0 fully saturated rings. The van der Waals surface area contributed by atoms with Crippen LogP contribution in [0.25, 0.3) is 184 Å². The van der Waals surface area contributed by atoms with Crippen molar-refractivity contribution in [1.82, 2.24) is 0 Å². The molecule has 0 aliphatic carbocycles. The van der Waals surface area contributed by atoms with E-state index in [4.69, 9.17) is 8.83 Å². The summed E-state index contributed by atoms with van der Waals surface area (Å²) >= 11 is 3.73. The van der Waals surface area contributed by atoms with Crippen LogP contribution in [0.3, 0.4) is 0 Å². The molecule has 0 unspecified atom stereocenters. The van der Waals surface area contributed by atoms with E-state index in [-0.39, 0.29) is 0 Å². The second-order valence-corrected chi connectivity index (χ2v) is 30.7. The van der Waals surface area contributed by atoms with Gasteiger partial charge in [0.25, 0.3) is 0 Å². The SMILES string of the molecule is c1ccc(-c2ccc(N(c3ccc(-c4ccc(-c5ccc(-c6ccc(N(c7ccc(-c8ccc9sc%10ccccc%10c9c8)cc7)c7cccc(-c8cccc9oc%10c%11ccccc%11ccc%10c89)c7)cc6)cc5)c5c4sc4ccccc45)cc3)c3cccc(-c4cccc5oc6c7ccccc7ccc6c45)c3)cc2)cc1. The van der Waals surface area contributed by atoms with Crippen LogP contribution < -0.4 is 9.80 Å². The molecule has 0 aliphatic rings. The fourth-order valence-electron chi connectivity index (χ4n) is 17.0. The Hall–Kier alpha value is -13.9. The molecule has 4 nitrogen and oxygen atoms in total. The first-order valence-electron chi connectivity index (χ1n) is 37.4. The zero-order valence-corrected chi connectivity index (χ0v) is 61.1. The molecule has 22 rings (SSSR count). The summed E-state index contributed by atoms with van der Waals surface area (Å²) in [7, 11) is 0. The third-order valence-electron chi connectivity index (χ3n) is 22.3. The highest BCUT2D eigenvalue weighted by atomic mass is 32.1. The molecule has 6 heteroatoms. The molecule has 4 aromatic heterocycles. The number of furan rings is 2. The molecule has 0 amide bonds. The molecule has 0 radical (unpaired) electrons. The highest BCUT2D eigenvalue weighted by molar-refractivity contribution is 7.26. The van der Waals surface area contributed by atoms with Crippen molar-refractivity contribution in [3.8, 4) is 77.9 Å². The van der Waals surface area contributed by atoms with Gasteiger partial charge in [0.15, 0.2) is 0 Å². The quantitative estimate of drug-likeness (QED) is 0.115. The van der Waals surface area contributed by atoms with Crippen LogP contribution in [0.1, 0.15) is 0 Å². The van der Waals surface area contributed by atoms with E-state index in [1.54, 1.807) is 0 Å². The van der Waals surface area contributed by atoms with E-state index >= 15 is 0 Å². The molecule has 110 heavy (non-hydrogen) atoms. The second kappa shape index (κ2) is 26.0. The molecular formula is C104H64N2O2S2. The highest BCUT2D eigenvalue weighted by Crippen LogP contribution is 2.50. The number of hydrogen-bond acceptors (Lipinski definition) is 6. The Morgan fingerprint density at radius 1 is 0.191 bits per heavy atom. The predicted octanol–water partition coefficient (Wildman–Crippen LogP) is 31.1. The molecule has 514 valence electrons. The fraction of sp³-hybridized carbons (Fsp3) is 0. The number of nitrogens with zero attached hydrogens (tertiary/aromatic N) is 2. The topological polar surface area (TPSA) is 32.8 Å². The molecule has 0 bridgehead atoms. The molecule has 18 aromatic carbocycles. The number of rotatable bonds is 13. The van der Waals surface area contributed by atoms with Crippen LogP contribution in [0, 0.1) is 0 Å². The monoisotopic (exact) mass is 1440 g/mol. The fourth-order valence-corrected chi connectivity index (χ4v) is 19.3. The Balaban J connectivity index is 0.594. The predicted molar refractivity (Wildman–Crippen MR) is 469 cm³/mol. The Bertz CT molecular complexity index is 7370. The molecule has 4 heterocycles. The summed E-state index contributed by atoms with van der Waals surface area (Å²) < 4.78 is 18.6. The maximum Gasteiger partial charge on any atom is 0.143 e. The summed E-state index contributed by atoms with van der Waals surface area (Å²) in [6.45, 7) is 0. The third-order valence-corrected chi connectivity index (χ3v) is 24.6. The summed E-state index contributed by atoms with van der Waals surface area (Å²) in [6.07, 6.45) is 0. The summed E-state index contributed by atoms with van der Waals surface area (Å²) in [5.41, 5.74) is 26.2. The lowest BCUT2D eigenvalue weighted by atomic mass is 9.93. The van der Waals surface area contributed by atoms with E-state index in [0.29, 0.717) is 0 Å². The standard InChI is InChI=1S/C104H64N2O2S2/c1-2-16-65(17-3-1)67-38-49-77(50-39-67)106(82-23-13-21-76(63-82)84-29-15-31-95-100(84)92-58-47-71-19-5-7-25-87(71)103(92)108-95)80-55-44-73(45-56-80)88-60-59-85(101-90-27-9-11-33-97(90)110-104(88)101)72-36-34-66(35-37-72)68-40-51-78(52-41-68)105(79-53-42-69(43-54-79)74-48-61-98-93(64-74)89-26-8-10-32-96(89)109-98)81-22-12-20-75(62-81)83-28-14-30-94-99(83)91-57-46-70-18-4-6-24-86(70)102(91)107-94/h1-64H. The molecule has 0 saturated carbocycles. The number of fused-ring (bicyclic) bond motifs is 16. The molecule has 0 aliphatic heterocycles. The lowest BCUT2D eigenvalue weighted by Gasteiger charge is -2.26. The van der Waals surface area contributed by atoms with Crippen LogP contribution in [0.5, 0.6) is 0 Å². The second-order valence-electron chi connectivity index (χ2n) is 28.6. The highest BCUT2D eigenvalue weighted by Gasteiger charge is 2.23. The van der Waals surface area contributed by atoms with Crippen LogP contribution in [-0.2, 0) is 0 Å². The Kier molecular flexibility index (Phi) is 15.0. The van der Waals surface area contributed by atoms with Gasteiger partial charge >= 0.3 is 0 Å². The van der Waals surface area contributed by atoms with E-state index in [0.717, 1.165) is 138 Å². The Morgan fingerprint density at radius 2 is 0.573 bits per heavy atom. The zero-order valence-electron chi connectivity index (χ0n) is 59.5. The first kappa shape index (κ1) is 63.4. The van der Waals surface area contributed by atoms with Crippen molar-refractivity contribution in [2.75, 3.05) is 9.80 Å². The molecular weight excluding hydrogens is 1370 g/mol.